The van der Waals surface area contributed by atoms with Gasteiger partial charge in [0.1, 0.15) is 0 Å². The highest BCUT2D eigenvalue weighted by Gasteiger charge is 2.43. The van der Waals surface area contributed by atoms with Crippen LogP contribution in [0.15, 0.2) is 0 Å². The molecule has 1 atom stereocenters. The van der Waals surface area contributed by atoms with Crippen molar-refractivity contribution in [1.29, 1.82) is 5.26 Å². The van der Waals surface area contributed by atoms with Crippen molar-refractivity contribution in [3.63, 3.8) is 0 Å². The maximum absolute atomic E-state index is 12.7. The lowest BCUT2D eigenvalue weighted by Gasteiger charge is -2.31. The van der Waals surface area contributed by atoms with Crippen molar-refractivity contribution >= 4 is 0 Å². The molecule has 0 aromatic carbocycles. The molecule has 108 valence electrons. The summed E-state index contributed by atoms with van der Waals surface area (Å²) < 4.78 is 38.1. The molecule has 0 aromatic heterocycles. The van der Waals surface area contributed by atoms with Crippen molar-refractivity contribution in [1.82, 2.24) is 10.2 Å². The first-order chi connectivity index (χ1) is 9.00. The Bertz CT molecular complexity index is 327. The second kappa shape index (κ2) is 6.10. The lowest BCUT2D eigenvalue weighted by Crippen LogP contribution is -2.42. The summed E-state index contributed by atoms with van der Waals surface area (Å²) in [7, 11) is 0. The van der Waals surface area contributed by atoms with Crippen molar-refractivity contribution in [3.8, 4) is 6.07 Å². The Balaban J connectivity index is 1.90. The zero-order chi connectivity index (χ0) is 13.9. The molecule has 2 aliphatic rings. The van der Waals surface area contributed by atoms with E-state index in [1.54, 1.807) is 0 Å². The standard InChI is InChI=1S/C13H20F3N3/c14-13(15,16)11(7-17)9-19(12-1-2-12)8-10-3-5-18-6-4-10/h10-12,18H,1-6,8-9H2. The van der Waals surface area contributed by atoms with Crippen LogP contribution in [0.1, 0.15) is 25.7 Å². The first-order valence-corrected chi connectivity index (χ1v) is 6.92. The van der Waals surface area contributed by atoms with Crippen molar-refractivity contribution in [2.24, 2.45) is 11.8 Å². The molecule has 0 aromatic rings. The van der Waals surface area contributed by atoms with Crippen LogP contribution in [0.25, 0.3) is 0 Å². The summed E-state index contributed by atoms with van der Waals surface area (Å²) in [6.45, 7) is 2.45. The average Bonchev–Trinajstić information content (AvgIpc) is 3.18. The number of rotatable bonds is 5. The van der Waals surface area contributed by atoms with Gasteiger partial charge in [0.05, 0.1) is 6.07 Å². The molecule has 0 amide bonds. The van der Waals surface area contributed by atoms with E-state index in [2.05, 4.69) is 5.32 Å². The summed E-state index contributed by atoms with van der Waals surface area (Å²) in [6.07, 6.45) is -0.420. The maximum atomic E-state index is 12.7. The first kappa shape index (κ1) is 14.6. The fourth-order valence-electron chi connectivity index (χ4n) is 2.66. The molecule has 1 saturated carbocycles. The number of hydrogen-bond acceptors (Lipinski definition) is 3. The Morgan fingerprint density at radius 2 is 1.84 bits per heavy atom. The zero-order valence-corrected chi connectivity index (χ0v) is 10.9. The van der Waals surface area contributed by atoms with Gasteiger partial charge >= 0.3 is 6.18 Å². The molecular formula is C13H20F3N3. The Kier molecular flexibility index (Phi) is 4.69. The van der Waals surface area contributed by atoms with Crippen LogP contribution < -0.4 is 5.32 Å². The van der Waals surface area contributed by atoms with E-state index in [0.29, 0.717) is 12.5 Å². The number of nitriles is 1. The van der Waals surface area contributed by atoms with Gasteiger partial charge in [0.15, 0.2) is 5.92 Å². The molecule has 1 N–H and O–H groups in total. The van der Waals surface area contributed by atoms with Crippen LogP contribution in [0.3, 0.4) is 0 Å². The van der Waals surface area contributed by atoms with Gasteiger partial charge in [0.25, 0.3) is 0 Å². The minimum Gasteiger partial charge on any atom is -0.317 e. The van der Waals surface area contributed by atoms with E-state index < -0.39 is 12.1 Å². The summed E-state index contributed by atoms with van der Waals surface area (Å²) in [4.78, 5) is 1.90. The molecule has 1 aliphatic carbocycles. The highest BCUT2D eigenvalue weighted by atomic mass is 19.4. The lowest BCUT2D eigenvalue weighted by molar-refractivity contribution is -0.163. The molecular weight excluding hydrogens is 255 g/mol. The van der Waals surface area contributed by atoms with E-state index in [1.807, 2.05) is 4.90 Å². The number of alkyl halides is 3. The lowest BCUT2D eigenvalue weighted by atomic mass is 9.97. The zero-order valence-electron chi connectivity index (χ0n) is 10.9. The summed E-state index contributed by atoms with van der Waals surface area (Å²) in [5.74, 6) is -1.38. The van der Waals surface area contributed by atoms with Crippen molar-refractivity contribution in [2.75, 3.05) is 26.2 Å². The number of nitrogens with zero attached hydrogens (tertiary/aromatic N) is 2. The molecule has 19 heavy (non-hydrogen) atoms. The first-order valence-electron chi connectivity index (χ1n) is 6.92. The number of halogens is 3. The fourth-order valence-corrected chi connectivity index (χ4v) is 2.66. The van der Waals surface area contributed by atoms with Crippen molar-refractivity contribution < 1.29 is 13.2 Å². The highest BCUT2D eigenvalue weighted by Crippen LogP contribution is 2.33. The Morgan fingerprint density at radius 1 is 1.21 bits per heavy atom. The van der Waals surface area contributed by atoms with Gasteiger partial charge in [-0.25, -0.2) is 0 Å². The van der Waals surface area contributed by atoms with Gasteiger partial charge in [-0.15, -0.1) is 0 Å². The normalized spacial score (nSPS) is 23.3. The minimum absolute atomic E-state index is 0.158. The third kappa shape index (κ3) is 4.36. The molecule has 1 unspecified atom stereocenters. The maximum Gasteiger partial charge on any atom is 0.405 e. The van der Waals surface area contributed by atoms with Gasteiger partial charge in [-0.2, -0.15) is 18.4 Å². The van der Waals surface area contributed by atoms with Crippen LogP contribution in [-0.2, 0) is 0 Å². The second-order valence-electron chi connectivity index (χ2n) is 5.60. The molecule has 0 spiro atoms. The quantitative estimate of drug-likeness (QED) is 0.835. The summed E-state index contributed by atoms with van der Waals surface area (Å²) >= 11 is 0. The van der Waals surface area contributed by atoms with Crippen LogP contribution >= 0.6 is 0 Å². The summed E-state index contributed by atoms with van der Waals surface area (Å²) in [6, 6.07) is 1.68. The molecule has 6 heteroatoms. The Morgan fingerprint density at radius 3 is 2.32 bits per heavy atom. The Labute approximate surface area is 111 Å². The molecule has 0 radical (unpaired) electrons. The van der Waals surface area contributed by atoms with Gasteiger partial charge in [-0.05, 0) is 44.7 Å². The smallest absolute Gasteiger partial charge is 0.317 e. The molecule has 2 rings (SSSR count). The van der Waals surface area contributed by atoms with E-state index in [4.69, 9.17) is 5.26 Å². The summed E-state index contributed by atoms with van der Waals surface area (Å²) in [5, 5.41) is 12.0. The van der Waals surface area contributed by atoms with E-state index >= 15 is 0 Å². The number of piperidine rings is 1. The predicted molar refractivity (Wildman–Crippen MR) is 65.3 cm³/mol. The highest BCUT2D eigenvalue weighted by molar-refractivity contribution is 4.95. The molecule has 3 nitrogen and oxygen atoms in total. The third-order valence-corrected chi connectivity index (χ3v) is 3.98. The van der Waals surface area contributed by atoms with Crippen molar-refractivity contribution in [3.05, 3.63) is 0 Å². The molecule has 1 aliphatic heterocycles. The largest absolute Gasteiger partial charge is 0.405 e. The predicted octanol–water partition coefficient (Wildman–Crippen LogP) is 2.15. The number of hydrogen-bond donors (Lipinski definition) is 1. The minimum atomic E-state index is -4.41. The molecule has 0 bridgehead atoms. The SMILES string of the molecule is N#CC(CN(CC1CCNCC1)C1CC1)C(F)(F)F. The molecule has 2 fully saturated rings. The average molecular weight is 275 g/mol. The molecule has 1 saturated heterocycles. The van der Waals surface area contributed by atoms with E-state index in [1.165, 1.54) is 6.07 Å². The van der Waals surface area contributed by atoms with Crippen LogP contribution in [0.2, 0.25) is 0 Å². The molecule has 1 heterocycles. The topological polar surface area (TPSA) is 39.1 Å². The van der Waals surface area contributed by atoms with Gasteiger partial charge in [-0.3, -0.25) is 4.90 Å². The van der Waals surface area contributed by atoms with E-state index in [-0.39, 0.29) is 12.6 Å². The van der Waals surface area contributed by atoms with E-state index in [0.717, 1.165) is 38.8 Å². The van der Waals surface area contributed by atoms with E-state index in [9.17, 15) is 13.2 Å². The summed E-state index contributed by atoms with van der Waals surface area (Å²) in [5.41, 5.74) is 0. The second-order valence-corrected chi connectivity index (χ2v) is 5.60. The van der Waals surface area contributed by atoms with Crippen LogP contribution in [0.5, 0.6) is 0 Å². The Hall–Kier alpha value is -0.800. The monoisotopic (exact) mass is 275 g/mol. The van der Waals surface area contributed by atoms with Crippen LogP contribution in [0, 0.1) is 23.2 Å². The van der Waals surface area contributed by atoms with Gasteiger partial charge < -0.3 is 5.32 Å². The third-order valence-electron chi connectivity index (χ3n) is 3.98. The van der Waals surface area contributed by atoms with Gasteiger partial charge in [0, 0.05) is 19.1 Å². The van der Waals surface area contributed by atoms with Crippen molar-refractivity contribution in [2.45, 2.75) is 37.9 Å². The number of nitrogens with one attached hydrogen (secondary N) is 1. The van der Waals surface area contributed by atoms with Crippen LogP contribution in [0.4, 0.5) is 13.2 Å². The van der Waals surface area contributed by atoms with Crippen LogP contribution in [-0.4, -0.2) is 43.3 Å². The van der Waals surface area contributed by atoms with Gasteiger partial charge in [-0.1, -0.05) is 0 Å². The van der Waals surface area contributed by atoms with Gasteiger partial charge in [0.2, 0.25) is 0 Å². The fraction of sp³-hybridized carbons (Fsp3) is 0.923.